The van der Waals surface area contributed by atoms with Crippen LogP contribution in [-0.2, 0) is 12.8 Å². The molecule has 0 spiro atoms. The van der Waals surface area contributed by atoms with Gasteiger partial charge in [0.15, 0.2) is 0 Å². The fourth-order valence-electron chi connectivity index (χ4n) is 2.05. The number of anilines is 1. The minimum absolute atomic E-state index is 0.653. The van der Waals surface area contributed by atoms with Crippen molar-refractivity contribution in [3.8, 4) is 0 Å². The summed E-state index contributed by atoms with van der Waals surface area (Å²) < 4.78 is 1.78. The highest BCUT2D eigenvalue weighted by molar-refractivity contribution is 7.09. The molecule has 0 unspecified atom stereocenters. The molecule has 20 heavy (non-hydrogen) atoms. The number of aromatic nitrogens is 5. The monoisotopic (exact) mass is 288 g/mol. The molecular formula is C13H16N6S. The fourth-order valence-corrected chi connectivity index (χ4v) is 2.66. The van der Waals surface area contributed by atoms with Crippen molar-refractivity contribution in [3.05, 3.63) is 34.7 Å². The van der Waals surface area contributed by atoms with E-state index in [-0.39, 0.29) is 0 Å². The van der Waals surface area contributed by atoms with E-state index in [0.717, 1.165) is 35.9 Å². The van der Waals surface area contributed by atoms with Crippen molar-refractivity contribution < 1.29 is 0 Å². The van der Waals surface area contributed by atoms with Gasteiger partial charge >= 0.3 is 0 Å². The molecule has 6 nitrogen and oxygen atoms in total. The van der Waals surface area contributed by atoms with Crippen molar-refractivity contribution in [2.45, 2.75) is 19.8 Å². The highest BCUT2D eigenvalue weighted by Crippen LogP contribution is 2.16. The Morgan fingerprint density at radius 3 is 3.00 bits per heavy atom. The van der Waals surface area contributed by atoms with Crippen LogP contribution in [0.1, 0.15) is 17.6 Å². The summed E-state index contributed by atoms with van der Waals surface area (Å²) in [7, 11) is 2.06. The Kier molecular flexibility index (Phi) is 3.60. The Balaban J connectivity index is 1.86. The van der Waals surface area contributed by atoms with E-state index < -0.39 is 0 Å². The molecule has 3 heterocycles. The first-order chi connectivity index (χ1) is 9.78. The third-order valence-corrected chi connectivity index (χ3v) is 4.02. The van der Waals surface area contributed by atoms with Crippen LogP contribution in [0.4, 0.5) is 5.82 Å². The molecule has 0 aliphatic carbocycles. The zero-order valence-electron chi connectivity index (χ0n) is 11.5. The highest BCUT2D eigenvalue weighted by atomic mass is 32.1. The third kappa shape index (κ3) is 2.49. The topological polar surface area (TPSA) is 59.2 Å². The van der Waals surface area contributed by atoms with Gasteiger partial charge in [0, 0.05) is 43.4 Å². The van der Waals surface area contributed by atoms with Crippen LogP contribution in [0.25, 0.3) is 5.78 Å². The van der Waals surface area contributed by atoms with E-state index in [9.17, 15) is 0 Å². The standard InChI is InChI=1S/C13H16N6S/c1-3-10-8-12(19-13(17-10)15-9-16-19)18(2)6-4-11-14-5-7-20-11/h5,7-9H,3-4,6H2,1-2H3. The maximum atomic E-state index is 4.46. The SMILES string of the molecule is CCc1cc(N(C)CCc2nccs2)n2ncnc2n1. The van der Waals surface area contributed by atoms with Crippen LogP contribution in [-0.4, -0.2) is 38.2 Å². The van der Waals surface area contributed by atoms with Gasteiger partial charge in [0.05, 0.1) is 5.01 Å². The first kappa shape index (κ1) is 13.0. The van der Waals surface area contributed by atoms with Crippen LogP contribution in [0, 0.1) is 0 Å². The van der Waals surface area contributed by atoms with Crippen molar-refractivity contribution in [3.63, 3.8) is 0 Å². The van der Waals surface area contributed by atoms with Gasteiger partial charge in [-0.3, -0.25) is 0 Å². The predicted molar refractivity (Wildman–Crippen MR) is 79.2 cm³/mol. The largest absolute Gasteiger partial charge is 0.359 e. The van der Waals surface area contributed by atoms with Crippen molar-refractivity contribution >= 4 is 22.9 Å². The summed E-state index contributed by atoms with van der Waals surface area (Å²) in [6.45, 7) is 2.98. The lowest BCUT2D eigenvalue weighted by Crippen LogP contribution is -2.23. The van der Waals surface area contributed by atoms with Crippen LogP contribution in [0.3, 0.4) is 0 Å². The number of rotatable bonds is 5. The molecule has 0 amide bonds. The second-order valence-electron chi connectivity index (χ2n) is 4.53. The maximum Gasteiger partial charge on any atom is 0.254 e. The zero-order chi connectivity index (χ0) is 13.9. The zero-order valence-corrected chi connectivity index (χ0v) is 12.3. The van der Waals surface area contributed by atoms with Gasteiger partial charge in [-0.25, -0.2) is 9.97 Å². The van der Waals surface area contributed by atoms with E-state index in [0.29, 0.717) is 5.78 Å². The molecular weight excluding hydrogens is 272 g/mol. The van der Waals surface area contributed by atoms with Gasteiger partial charge in [-0.2, -0.15) is 14.6 Å². The van der Waals surface area contributed by atoms with Crippen LogP contribution in [0.15, 0.2) is 24.0 Å². The Morgan fingerprint density at radius 1 is 1.35 bits per heavy atom. The van der Waals surface area contributed by atoms with Gasteiger partial charge in [0.25, 0.3) is 5.78 Å². The summed E-state index contributed by atoms with van der Waals surface area (Å²) in [6.07, 6.45) is 5.20. The number of likely N-dealkylation sites (N-methyl/N-ethyl adjacent to an activating group) is 1. The van der Waals surface area contributed by atoms with Gasteiger partial charge in [-0.1, -0.05) is 6.92 Å². The molecule has 0 aromatic carbocycles. The summed E-state index contributed by atoms with van der Waals surface area (Å²) in [4.78, 5) is 15.1. The lowest BCUT2D eigenvalue weighted by atomic mass is 10.3. The molecule has 0 radical (unpaired) electrons. The van der Waals surface area contributed by atoms with E-state index in [1.165, 1.54) is 0 Å². The van der Waals surface area contributed by atoms with Crippen molar-refractivity contribution in [2.24, 2.45) is 0 Å². The van der Waals surface area contributed by atoms with E-state index in [1.807, 2.05) is 11.6 Å². The molecule has 0 aliphatic heterocycles. The van der Waals surface area contributed by atoms with Gasteiger partial charge in [0.1, 0.15) is 12.1 Å². The Morgan fingerprint density at radius 2 is 2.25 bits per heavy atom. The number of nitrogens with zero attached hydrogens (tertiary/aromatic N) is 6. The lowest BCUT2D eigenvalue weighted by molar-refractivity contribution is 0.804. The van der Waals surface area contributed by atoms with E-state index >= 15 is 0 Å². The summed E-state index contributed by atoms with van der Waals surface area (Å²) in [5.74, 6) is 1.67. The van der Waals surface area contributed by atoms with Crippen molar-refractivity contribution in [1.82, 2.24) is 24.6 Å². The molecule has 0 N–H and O–H groups in total. The van der Waals surface area contributed by atoms with E-state index in [4.69, 9.17) is 0 Å². The quantitative estimate of drug-likeness (QED) is 0.717. The molecule has 3 aromatic rings. The number of aryl methyl sites for hydroxylation is 1. The average molecular weight is 288 g/mol. The number of hydrogen-bond donors (Lipinski definition) is 0. The molecule has 3 rings (SSSR count). The molecule has 0 fully saturated rings. The van der Waals surface area contributed by atoms with Crippen molar-refractivity contribution in [1.29, 1.82) is 0 Å². The minimum atomic E-state index is 0.653. The molecule has 0 saturated heterocycles. The predicted octanol–water partition coefficient (Wildman–Crippen LogP) is 1.82. The number of fused-ring (bicyclic) bond motifs is 1. The molecule has 3 aromatic heterocycles. The average Bonchev–Trinajstić information content (AvgIpc) is 3.14. The van der Waals surface area contributed by atoms with Gasteiger partial charge in [-0.05, 0) is 6.42 Å². The van der Waals surface area contributed by atoms with Crippen LogP contribution in [0.5, 0.6) is 0 Å². The lowest BCUT2D eigenvalue weighted by Gasteiger charge is -2.19. The smallest absolute Gasteiger partial charge is 0.254 e. The molecule has 0 atom stereocenters. The third-order valence-electron chi connectivity index (χ3n) is 3.18. The van der Waals surface area contributed by atoms with Crippen LogP contribution in [0.2, 0.25) is 0 Å². The molecule has 104 valence electrons. The normalized spacial score (nSPS) is 11.1. The Bertz CT molecular complexity index is 690. The van der Waals surface area contributed by atoms with E-state index in [1.54, 1.807) is 22.2 Å². The Hall–Kier alpha value is -2.02. The highest BCUT2D eigenvalue weighted by Gasteiger charge is 2.11. The molecule has 7 heteroatoms. The summed E-state index contributed by atoms with van der Waals surface area (Å²) in [6, 6.07) is 2.07. The van der Waals surface area contributed by atoms with Gasteiger partial charge < -0.3 is 4.90 Å². The maximum absolute atomic E-state index is 4.46. The number of hydrogen-bond acceptors (Lipinski definition) is 6. The first-order valence-electron chi connectivity index (χ1n) is 6.57. The summed E-state index contributed by atoms with van der Waals surface area (Å²) >= 11 is 1.69. The minimum Gasteiger partial charge on any atom is -0.359 e. The first-order valence-corrected chi connectivity index (χ1v) is 7.45. The van der Waals surface area contributed by atoms with Crippen LogP contribution >= 0.6 is 11.3 Å². The molecule has 0 aliphatic rings. The second kappa shape index (κ2) is 5.54. The van der Waals surface area contributed by atoms with Crippen molar-refractivity contribution in [2.75, 3.05) is 18.5 Å². The second-order valence-corrected chi connectivity index (χ2v) is 5.51. The summed E-state index contributed by atoms with van der Waals surface area (Å²) in [5, 5.41) is 7.40. The van der Waals surface area contributed by atoms with E-state index in [2.05, 4.69) is 45.0 Å². The summed E-state index contributed by atoms with van der Waals surface area (Å²) in [5.41, 5.74) is 1.03. The van der Waals surface area contributed by atoms with Gasteiger partial charge in [0.2, 0.25) is 0 Å². The Labute approximate surface area is 121 Å². The fraction of sp³-hybridized carbons (Fsp3) is 0.385. The molecule has 0 saturated carbocycles. The van der Waals surface area contributed by atoms with Gasteiger partial charge in [-0.15, -0.1) is 11.3 Å². The van der Waals surface area contributed by atoms with Crippen LogP contribution < -0.4 is 4.90 Å². The molecule has 0 bridgehead atoms. The number of thiazole rings is 1.